The number of hydrogen-bond acceptors (Lipinski definition) is 4. The van der Waals surface area contributed by atoms with Crippen LogP contribution in [0.25, 0.3) is 0 Å². The van der Waals surface area contributed by atoms with Gasteiger partial charge in [-0.05, 0) is 43.4 Å². The van der Waals surface area contributed by atoms with E-state index in [2.05, 4.69) is 18.3 Å². The van der Waals surface area contributed by atoms with Gasteiger partial charge in [0.15, 0.2) is 11.5 Å². The van der Waals surface area contributed by atoms with E-state index in [0.717, 1.165) is 30.2 Å². The van der Waals surface area contributed by atoms with Crippen LogP contribution in [0.1, 0.15) is 31.7 Å². The number of benzene rings is 1. The van der Waals surface area contributed by atoms with Crippen LogP contribution in [0.3, 0.4) is 0 Å². The minimum Gasteiger partial charge on any atom is -0.493 e. The fraction of sp³-hybridized carbons (Fsp3) is 0.647. The Bertz CT molecular complexity index is 462. The highest BCUT2D eigenvalue weighted by atomic mass is 16.5. The molecule has 0 amide bonds. The van der Waals surface area contributed by atoms with Gasteiger partial charge in [-0.1, -0.05) is 19.4 Å². The molecule has 0 unspecified atom stereocenters. The van der Waals surface area contributed by atoms with E-state index in [9.17, 15) is 0 Å². The second-order valence-electron chi connectivity index (χ2n) is 5.71. The van der Waals surface area contributed by atoms with Crippen molar-refractivity contribution in [2.75, 3.05) is 27.9 Å². The van der Waals surface area contributed by atoms with E-state index < -0.39 is 0 Å². The van der Waals surface area contributed by atoms with Crippen LogP contribution in [0.2, 0.25) is 0 Å². The van der Waals surface area contributed by atoms with Gasteiger partial charge in [-0.2, -0.15) is 0 Å². The Hall–Kier alpha value is -1.42. The molecule has 0 heterocycles. The van der Waals surface area contributed by atoms with Crippen molar-refractivity contribution in [3.63, 3.8) is 0 Å². The zero-order chi connectivity index (χ0) is 15.2. The summed E-state index contributed by atoms with van der Waals surface area (Å²) in [6.45, 7) is 3.29. The van der Waals surface area contributed by atoms with E-state index >= 15 is 0 Å². The molecule has 1 saturated carbocycles. The van der Waals surface area contributed by atoms with Crippen molar-refractivity contribution < 1.29 is 14.2 Å². The molecule has 0 bridgehead atoms. The topological polar surface area (TPSA) is 39.7 Å². The summed E-state index contributed by atoms with van der Waals surface area (Å²) in [7, 11) is 4.95. The van der Waals surface area contributed by atoms with E-state index in [0.29, 0.717) is 17.5 Å². The smallest absolute Gasteiger partial charge is 0.203 e. The highest BCUT2D eigenvalue weighted by Crippen LogP contribution is 2.39. The molecule has 0 saturated heterocycles. The van der Waals surface area contributed by atoms with E-state index in [1.807, 2.05) is 6.07 Å². The molecular weight excluding hydrogens is 266 g/mol. The molecule has 0 radical (unpaired) electrons. The first kappa shape index (κ1) is 16.0. The van der Waals surface area contributed by atoms with Crippen LogP contribution in [0, 0.1) is 5.92 Å². The average molecular weight is 293 g/mol. The van der Waals surface area contributed by atoms with Gasteiger partial charge >= 0.3 is 0 Å². The average Bonchev–Trinajstić information content (AvgIpc) is 2.91. The van der Waals surface area contributed by atoms with Gasteiger partial charge in [0.25, 0.3) is 0 Å². The van der Waals surface area contributed by atoms with Crippen LogP contribution in [-0.4, -0.2) is 33.9 Å². The standard InChI is InChI=1S/C17H27NO3/c1-12-6-5-7-14(12)18-11-10-13-8-9-15(19-2)17(21-4)16(13)20-3/h8-9,12,14,18H,5-7,10-11H2,1-4H3/t12-,14+/m1/s1. The summed E-state index contributed by atoms with van der Waals surface area (Å²) in [5, 5.41) is 3.67. The van der Waals surface area contributed by atoms with Crippen molar-refractivity contribution in [2.45, 2.75) is 38.6 Å². The maximum absolute atomic E-state index is 5.52. The molecule has 21 heavy (non-hydrogen) atoms. The van der Waals surface area contributed by atoms with E-state index in [-0.39, 0.29) is 0 Å². The van der Waals surface area contributed by atoms with Crippen molar-refractivity contribution in [1.82, 2.24) is 5.32 Å². The molecule has 1 fully saturated rings. The molecule has 2 atom stereocenters. The molecule has 0 spiro atoms. The third-order valence-electron chi connectivity index (χ3n) is 4.45. The Kier molecular flexibility index (Phi) is 5.74. The second-order valence-corrected chi connectivity index (χ2v) is 5.71. The van der Waals surface area contributed by atoms with Gasteiger partial charge in [-0.15, -0.1) is 0 Å². The SMILES string of the molecule is COc1ccc(CCN[C@H]2CCC[C@H]2C)c(OC)c1OC. The van der Waals surface area contributed by atoms with Crippen molar-refractivity contribution in [3.8, 4) is 17.2 Å². The Morgan fingerprint density at radius 2 is 1.81 bits per heavy atom. The van der Waals surface area contributed by atoms with Gasteiger partial charge < -0.3 is 19.5 Å². The molecule has 0 aliphatic heterocycles. The summed E-state index contributed by atoms with van der Waals surface area (Å²) in [6.07, 6.45) is 4.91. The highest BCUT2D eigenvalue weighted by Gasteiger charge is 2.22. The zero-order valence-corrected chi connectivity index (χ0v) is 13.6. The summed E-state index contributed by atoms with van der Waals surface area (Å²) in [5.41, 5.74) is 1.15. The molecule has 1 aromatic carbocycles. The normalized spacial score (nSPS) is 21.3. The fourth-order valence-corrected chi connectivity index (χ4v) is 3.20. The Labute approximate surface area is 127 Å². The number of ether oxygens (including phenoxy) is 3. The lowest BCUT2D eigenvalue weighted by molar-refractivity contribution is 0.321. The van der Waals surface area contributed by atoms with Crippen LogP contribution in [0.4, 0.5) is 0 Å². The Morgan fingerprint density at radius 3 is 2.38 bits per heavy atom. The van der Waals surface area contributed by atoms with Gasteiger partial charge in [-0.3, -0.25) is 0 Å². The first-order valence-corrected chi connectivity index (χ1v) is 7.72. The molecular formula is C17H27NO3. The van der Waals surface area contributed by atoms with Crippen LogP contribution < -0.4 is 19.5 Å². The van der Waals surface area contributed by atoms with Crippen molar-refractivity contribution >= 4 is 0 Å². The molecule has 0 aromatic heterocycles. The molecule has 1 aliphatic carbocycles. The van der Waals surface area contributed by atoms with E-state index in [4.69, 9.17) is 14.2 Å². The lowest BCUT2D eigenvalue weighted by Crippen LogP contribution is -2.32. The molecule has 1 aromatic rings. The number of rotatable bonds is 7. The molecule has 4 heteroatoms. The van der Waals surface area contributed by atoms with Gasteiger partial charge in [0.05, 0.1) is 21.3 Å². The van der Waals surface area contributed by atoms with Crippen LogP contribution in [-0.2, 0) is 6.42 Å². The Balaban J connectivity index is 2.02. The van der Waals surface area contributed by atoms with Gasteiger partial charge in [-0.25, -0.2) is 0 Å². The number of nitrogens with one attached hydrogen (secondary N) is 1. The summed E-state index contributed by atoms with van der Waals surface area (Å²) < 4.78 is 16.3. The fourth-order valence-electron chi connectivity index (χ4n) is 3.20. The number of methoxy groups -OCH3 is 3. The molecule has 118 valence electrons. The molecule has 4 nitrogen and oxygen atoms in total. The van der Waals surface area contributed by atoms with Gasteiger partial charge in [0.2, 0.25) is 5.75 Å². The van der Waals surface area contributed by atoms with Crippen LogP contribution in [0.15, 0.2) is 12.1 Å². The summed E-state index contributed by atoms with van der Waals surface area (Å²) in [5.74, 6) is 2.94. The van der Waals surface area contributed by atoms with Gasteiger partial charge in [0, 0.05) is 6.04 Å². The lowest BCUT2D eigenvalue weighted by Gasteiger charge is -2.19. The quantitative estimate of drug-likeness (QED) is 0.839. The summed E-state index contributed by atoms with van der Waals surface area (Å²) in [6, 6.07) is 4.66. The molecule has 2 rings (SSSR count). The maximum Gasteiger partial charge on any atom is 0.203 e. The van der Waals surface area contributed by atoms with Crippen molar-refractivity contribution in [2.24, 2.45) is 5.92 Å². The minimum absolute atomic E-state index is 0.663. The lowest BCUT2D eigenvalue weighted by atomic mass is 10.1. The predicted molar refractivity (Wildman–Crippen MR) is 84.6 cm³/mol. The zero-order valence-electron chi connectivity index (χ0n) is 13.6. The summed E-state index contributed by atoms with van der Waals surface area (Å²) in [4.78, 5) is 0. The van der Waals surface area contributed by atoms with Crippen LogP contribution in [0.5, 0.6) is 17.2 Å². The molecule has 1 N–H and O–H groups in total. The third kappa shape index (κ3) is 3.62. The van der Waals surface area contributed by atoms with E-state index in [1.54, 1.807) is 21.3 Å². The van der Waals surface area contributed by atoms with Gasteiger partial charge in [0.1, 0.15) is 0 Å². The molecule has 1 aliphatic rings. The maximum atomic E-state index is 5.52. The Morgan fingerprint density at radius 1 is 1.05 bits per heavy atom. The van der Waals surface area contributed by atoms with Crippen molar-refractivity contribution in [1.29, 1.82) is 0 Å². The largest absolute Gasteiger partial charge is 0.493 e. The first-order valence-electron chi connectivity index (χ1n) is 7.72. The predicted octanol–water partition coefficient (Wildman–Crippen LogP) is 3.03. The third-order valence-corrected chi connectivity index (χ3v) is 4.45. The van der Waals surface area contributed by atoms with Crippen molar-refractivity contribution in [3.05, 3.63) is 17.7 Å². The highest BCUT2D eigenvalue weighted by molar-refractivity contribution is 5.55. The number of hydrogen-bond donors (Lipinski definition) is 1. The minimum atomic E-state index is 0.663. The summed E-state index contributed by atoms with van der Waals surface area (Å²) >= 11 is 0. The monoisotopic (exact) mass is 293 g/mol. The van der Waals surface area contributed by atoms with E-state index in [1.165, 1.54) is 19.3 Å². The first-order chi connectivity index (χ1) is 10.2. The second kappa shape index (κ2) is 7.55. The van der Waals surface area contributed by atoms with Crippen LogP contribution >= 0.6 is 0 Å².